The number of hydrogen-bond donors (Lipinski definition) is 0. The Labute approximate surface area is 65.1 Å². The van der Waals surface area contributed by atoms with Gasteiger partial charge < -0.3 is 0 Å². The molecule has 0 atom stereocenters. The van der Waals surface area contributed by atoms with Crippen molar-refractivity contribution in [2.75, 3.05) is 26.7 Å². The smallest absolute Gasteiger partial charge is 0 e. The van der Waals surface area contributed by atoms with Crippen molar-refractivity contribution in [3.63, 3.8) is 0 Å². The molecule has 0 unspecified atom stereocenters. The zero-order chi connectivity index (χ0) is 5.41. The molecule has 0 saturated carbocycles. The summed E-state index contributed by atoms with van der Waals surface area (Å²) in [4.78, 5) is 0. The molecule has 0 fully saturated rings. The van der Waals surface area contributed by atoms with Gasteiger partial charge in [0, 0.05) is 21.1 Å². The van der Waals surface area contributed by atoms with Crippen molar-refractivity contribution in [1.29, 1.82) is 0 Å². The molecular formula is C4H14P2W. The second-order valence-electron chi connectivity index (χ2n) is 1.00. The molecule has 0 aliphatic rings. The molecule has 0 aliphatic heterocycles. The van der Waals surface area contributed by atoms with E-state index in [4.69, 9.17) is 0 Å². The molecule has 46 valence electrons. The zero-order valence-corrected chi connectivity index (χ0v) is 10.3. The van der Waals surface area contributed by atoms with Crippen LogP contribution in [0.1, 0.15) is 0 Å². The van der Waals surface area contributed by atoms with Gasteiger partial charge in [-0.25, -0.2) is 0 Å². The van der Waals surface area contributed by atoms with Gasteiger partial charge in [-0.3, -0.25) is 0 Å². The first-order chi connectivity index (χ1) is 2.83. The van der Waals surface area contributed by atoms with Gasteiger partial charge in [0.15, 0.2) is 0 Å². The van der Waals surface area contributed by atoms with Crippen LogP contribution in [0.5, 0.6) is 0 Å². The van der Waals surface area contributed by atoms with E-state index in [1.807, 2.05) is 0 Å². The minimum Gasteiger partial charge on any atom is -0.129 e. The van der Waals surface area contributed by atoms with Gasteiger partial charge in [-0.2, -0.15) is 0 Å². The Kier molecular flexibility index (Phi) is 58.1. The van der Waals surface area contributed by atoms with Crippen LogP contribution in [-0.4, -0.2) is 26.7 Å². The van der Waals surface area contributed by atoms with Gasteiger partial charge in [0.2, 0.25) is 0 Å². The third kappa shape index (κ3) is 96.9. The summed E-state index contributed by atoms with van der Waals surface area (Å²) < 4.78 is 0. The van der Waals surface area contributed by atoms with Gasteiger partial charge in [0.05, 0.1) is 0 Å². The Morgan fingerprint density at radius 2 is 0.714 bits per heavy atom. The van der Waals surface area contributed by atoms with Crippen LogP contribution in [0.2, 0.25) is 0 Å². The fourth-order valence-electron chi connectivity index (χ4n) is 0. The van der Waals surface area contributed by atoms with Crippen LogP contribution in [0.3, 0.4) is 0 Å². The molecule has 0 aromatic rings. The quantitative estimate of drug-likeness (QED) is 0.599. The molecule has 0 aromatic carbocycles. The molecule has 0 nitrogen and oxygen atoms in total. The Hall–Kier alpha value is 1.55. The van der Waals surface area contributed by atoms with E-state index < -0.39 is 0 Å². The molecule has 7 heavy (non-hydrogen) atoms. The largest absolute Gasteiger partial charge is 0.129 e. The van der Waals surface area contributed by atoms with Crippen LogP contribution < -0.4 is 0 Å². The second-order valence-corrected chi connectivity index (χ2v) is 3.00. The van der Waals surface area contributed by atoms with Crippen LogP contribution in [0.15, 0.2) is 0 Å². The van der Waals surface area contributed by atoms with Crippen molar-refractivity contribution in [2.24, 2.45) is 0 Å². The summed E-state index contributed by atoms with van der Waals surface area (Å²) in [5, 5.41) is 0. The maximum absolute atomic E-state index is 2.15. The standard InChI is InChI=1S/2C2H7P.W/c2*1-3-2;/h2*3H,1-2H3;. The molecule has 0 saturated heterocycles. The van der Waals surface area contributed by atoms with E-state index in [1.54, 1.807) is 0 Å². The Bertz CT molecular complexity index is 11.7. The van der Waals surface area contributed by atoms with Crippen molar-refractivity contribution in [3.8, 4) is 0 Å². The van der Waals surface area contributed by atoms with E-state index in [0.29, 0.717) is 0 Å². The Morgan fingerprint density at radius 1 is 0.714 bits per heavy atom. The third-order valence-electron chi connectivity index (χ3n) is 0. The minimum absolute atomic E-state index is 0. The zero-order valence-electron chi connectivity index (χ0n) is 5.41. The molecule has 0 rings (SSSR count). The first-order valence-corrected chi connectivity index (χ1v) is 6.00. The molecule has 0 N–H and O–H groups in total. The molecule has 0 bridgehead atoms. The van der Waals surface area contributed by atoms with Crippen LogP contribution >= 0.6 is 17.2 Å². The van der Waals surface area contributed by atoms with E-state index in [-0.39, 0.29) is 21.1 Å². The second kappa shape index (κ2) is 25.7. The summed E-state index contributed by atoms with van der Waals surface area (Å²) >= 11 is 0. The molecule has 3 heteroatoms. The SMILES string of the molecule is CPC.CPC.[W]. The average Bonchev–Trinajstić information content (AvgIpc) is 1.39. The Morgan fingerprint density at radius 3 is 0.714 bits per heavy atom. The maximum atomic E-state index is 2.15. The topological polar surface area (TPSA) is 0 Å². The third-order valence-corrected chi connectivity index (χ3v) is 0. The molecular weight excluding hydrogens is 294 g/mol. The predicted molar refractivity (Wildman–Crippen MR) is 40.3 cm³/mol. The molecule has 0 spiro atoms. The van der Waals surface area contributed by atoms with Crippen LogP contribution in [-0.2, 0) is 21.1 Å². The van der Waals surface area contributed by atoms with Crippen molar-refractivity contribution < 1.29 is 21.1 Å². The van der Waals surface area contributed by atoms with E-state index in [0.717, 1.165) is 17.2 Å². The van der Waals surface area contributed by atoms with Crippen molar-refractivity contribution in [1.82, 2.24) is 0 Å². The van der Waals surface area contributed by atoms with Crippen LogP contribution in [0.25, 0.3) is 0 Å². The molecule has 0 aromatic heterocycles. The fraction of sp³-hybridized carbons (Fsp3) is 1.00. The summed E-state index contributed by atoms with van der Waals surface area (Å²) in [6.45, 7) is 8.61. The van der Waals surface area contributed by atoms with Gasteiger partial charge in [0.1, 0.15) is 0 Å². The summed E-state index contributed by atoms with van der Waals surface area (Å²) in [5.74, 6) is 0. The molecule has 0 heterocycles. The monoisotopic (exact) mass is 308 g/mol. The summed E-state index contributed by atoms with van der Waals surface area (Å²) in [5.41, 5.74) is 0. The Balaban J connectivity index is -0.0000000400. The van der Waals surface area contributed by atoms with E-state index in [1.165, 1.54) is 0 Å². The van der Waals surface area contributed by atoms with Crippen LogP contribution in [0.4, 0.5) is 0 Å². The first-order valence-electron chi connectivity index (χ1n) is 2.00. The van der Waals surface area contributed by atoms with Gasteiger partial charge >= 0.3 is 0 Å². The maximum Gasteiger partial charge on any atom is 0 e. The molecule has 0 radical (unpaired) electrons. The number of rotatable bonds is 0. The predicted octanol–water partition coefficient (Wildman–Crippen LogP) is 1.85. The van der Waals surface area contributed by atoms with Gasteiger partial charge in [-0.15, -0.1) is 17.2 Å². The first kappa shape index (κ1) is 15.8. The van der Waals surface area contributed by atoms with Crippen molar-refractivity contribution >= 4 is 17.2 Å². The van der Waals surface area contributed by atoms with Gasteiger partial charge in [-0.1, -0.05) is 0 Å². The van der Waals surface area contributed by atoms with E-state index in [2.05, 4.69) is 26.7 Å². The van der Waals surface area contributed by atoms with Crippen molar-refractivity contribution in [3.05, 3.63) is 0 Å². The molecule has 0 aliphatic carbocycles. The fourth-order valence-corrected chi connectivity index (χ4v) is 0. The summed E-state index contributed by atoms with van der Waals surface area (Å²) in [7, 11) is 2.17. The van der Waals surface area contributed by atoms with Crippen LogP contribution in [0, 0.1) is 0 Å². The van der Waals surface area contributed by atoms with Gasteiger partial charge in [-0.05, 0) is 26.7 Å². The minimum atomic E-state index is 0. The normalized spacial score (nSPS) is 5.14. The number of hydrogen-bond acceptors (Lipinski definition) is 0. The van der Waals surface area contributed by atoms with Gasteiger partial charge in [0.25, 0.3) is 0 Å². The molecule has 0 amide bonds. The average molecular weight is 308 g/mol. The summed E-state index contributed by atoms with van der Waals surface area (Å²) in [6, 6.07) is 0. The van der Waals surface area contributed by atoms with E-state index in [9.17, 15) is 0 Å². The summed E-state index contributed by atoms with van der Waals surface area (Å²) in [6.07, 6.45) is 0. The van der Waals surface area contributed by atoms with Crippen molar-refractivity contribution in [2.45, 2.75) is 0 Å². The van der Waals surface area contributed by atoms with E-state index >= 15 is 0 Å².